The molecule has 136 valence electrons. The Balaban J connectivity index is 1.58. The van der Waals surface area contributed by atoms with Gasteiger partial charge in [-0.05, 0) is 30.8 Å². The molecule has 1 aromatic rings. The molecule has 0 amide bonds. The molecule has 2 aliphatic rings. The lowest BCUT2D eigenvalue weighted by Gasteiger charge is -2.28. The van der Waals surface area contributed by atoms with Crippen LogP contribution >= 0.6 is 11.3 Å². The summed E-state index contributed by atoms with van der Waals surface area (Å²) in [6, 6.07) is 1.27. The van der Waals surface area contributed by atoms with Gasteiger partial charge in [0.05, 0.1) is 36.4 Å². The lowest BCUT2D eigenvalue weighted by atomic mass is 10.1. The summed E-state index contributed by atoms with van der Waals surface area (Å²) in [5.41, 5.74) is 0. The molecular formula is C15H24N2O5S2. The number of hydrogen-bond acceptors (Lipinski definition) is 7. The molecule has 2 saturated heterocycles. The van der Waals surface area contributed by atoms with Crippen LogP contribution in [-0.2, 0) is 19.5 Å². The number of hydrogen-bond donors (Lipinski definition) is 2. The molecule has 0 aliphatic carbocycles. The third kappa shape index (κ3) is 3.98. The number of sulfonamides is 1. The van der Waals surface area contributed by atoms with Crippen molar-refractivity contribution in [3.8, 4) is 0 Å². The zero-order valence-electron chi connectivity index (χ0n) is 13.6. The Morgan fingerprint density at radius 1 is 1.54 bits per heavy atom. The lowest BCUT2D eigenvalue weighted by Crippen LogP contribution is -2.47. The van der Waals surface area contributed by atoms with Crippen LogP contribution in [0.3, 0.4) is 0 Å². The molecule has 0 radical (unpaired) electrons. The Hall–Kier alpha value is -0.550. The van der Waals surface area contributed by atoms with Crippen LogP contribution < -0.4 is 4.72 Å². The first-order valence-electron chi connectivity index (χ1n) is 8.08. The number of nitrogens with one attached hydrogen (secondary N) is 1. The minimum atomic E-state index is -3.62. The number of aliphatic hydroxyl groups excluding tert-OH is 1. The third-order valence-corrected chi connectivity index (χ3v) is 6.99. The summed E-state index contributed by atoms with van der Waals surface area (Å²) in [5.74, 6) is 0. The molecule has 7 nitrogen and oxygen atoms in total. The van der Waals surface area contributed by atoms with Crippen LogP contribution in [0.25, 0.3) is 0 Å². The van der Waals surface area contributed by atoms with Gasteiger partial charge in [-0.1, -0.05) is 0 Å². The smallest absolute Gasteiger partial charge is 0.241 e. The van der Waals surface area contributed by atoms with Crippen molar-refractivity contribution in [1.82, 2.24) is 9.62 Å². The fourth-order valence-electron chi connectivity index (χ4n) is 3.37. The van der Waals surface area contributed by atoms with E-state index < -0.39 is 28.3 Å². The van der Waals surface area contributed by atoms with E-state index >= 15 is 0 Å². The Kier molecular flexibility index (Phi) is 5.91. The maximum Gasteiger partial charge on any atom is 0.241 e. The number of likely N-dealkylation sites (tertiary alicyclic amines) is 1. The van der Waals surface area contributed by atoms with E-state index in [4.69, 9.17) is 9.47 Å². The van der Waals surface area contributed by atoms with E-state index in [0.29, 0.717) is 19.2 Å². The molecule has 2 fully saturated rings. The summed E-state index contributed by atoms with van der Waals surface area (Å²) in [7, 11) is -1.93. The molecule has 2 N–H and O–H groups in total. The van der Waals surface area contributed by atoms with Gasteiger partial charge < -0.3 is 14.6 Å². The highest BCUT2D eigenvalue weighted by atomic mass is 32.2. The summed E-state index contributed by atoms with van der Waals surface area (Å²) in [4.78, 5) is 2.48. The fourth-order valence-corrected chi connectivity index (χ4v) is 5.63. The second-order valence-corrected chi connectivity index (χ2v) is 8.79. The molecule has 1 aromatic heterocycles. The zero-order valence-corrected chi connectivity index (χ0v) is 15.3. The van der Waals surface area contributed by atoms with Crippen LogP contribution in [-0.4, -0.2) is 76.1 Å². The van der Waals surface area contributed by atoms with E-state index in [0.717, 1.165) is 19.4 Å². The molecule has 24 heavy (non-hydrogen) atoms. The first kappa shape index (κ1) is 18.2. The predicted molar refractivity (Wildman–Crippen MR) is 90.6 cm³/mol. The highest BCUT2D eigenvalue weighted by molar-refractivity contribution is 7.89. The molecule has 0 aromatic carbocycles. The number of thiophene rings is 1. The molecule has 3 heterocycles. The largest absolute Gasteiger partial charge is 0.389 e. The first-order valence-corrected chi connectivity index (χ1v) is 10.5. The van der Waals surface area contributed by atoms with Gasteiger partial charge in [-0.2, -0.15) is 11.3 Å². The lowest BCUT2D eigenvalue weighted by molar-refractivity contribution is 0.00485. The summed E-state index contributed by atoms with van der Waals surface area (Å²) in [6.45, 7) is 2.38. The Morgan fingerprint density at radius 3 is 3.08 bits per heavy atom. The van der Waals surface area contributed by atoms with Crippen LogP contribution in [0.2, 0.25) is 0 Å². The van der Waals surface area contributed by atoms with E-state index in [2.05, 4.69) is 9.62 Å². The van der Waals surface area contributed by atoms with Crippen molar-refractivity contribution in [2.24, 2.45) is 0 Å². The highest BCUT2D eigenvalue weighted by Gasteiger charge is 2.40. The average Bonchev–Trinajstić information content (AvgIpc) is 3.26. The van der Waals surface area contributed by atoms with Crippen molar-refractivity contribution < 1.29 is 23.0 Å². The minimum Gasteiger partial charge on any atom is -0.389 e. The van der Waals surface area contributed by atoms with Crippen LogP contribution in [0, 0.1) is 0 Å². The standard InChI is InChI=1S/C15H24N2O5S2/c1-21-8-11-3-2-5-17(11)7-14-15(18)13(9-22-14)16-24(19,20)12-4-6-23-10-12/h4,6,10-11,13-16,18H,2-3,5,7-9H2,1H3/t11-,13+,14+,15-/m1/s1. The van der Waals surface area contributed by atoms with Crippen LogP contribution in [0.15, 0.2) is 21.7 Å². The third-order valence-electron chi connectivity index (χ3n) is 4.67. The minimum absolute atomic E-state index is 0.179. The molecule has 0 bridgehead atoms. The Labute approximate surface area is 146 Å². The molecule has 4 atom stereocenters. The molecule has 2 aliphatic heterocycles. The maximum atomic E-state index is 12.3. The number of ether oxygens (including phenoxy) is 2. The fraction of sp³-hybridized carbons (Fsp3) is 0.733. The van der Waals surface area contributed by atoms with Crippen molar-refractivity contribution in [2.75, 3.05) is 33.4 Å². The SMILES string of the molecule is COC[C@H]1CCCN1C[C@@H]1OC[C@H](NS(=O)(=O)c2ccsc2)[C@H]1O. The van der Waals surface area contributed by atoms with Gasteiger partial charge in [0.1, 0.15) is 0 Å². The van der Waals surface area contributed by atoms with Gasteiger partial charge in [0.25, 0.3) is 0 Å². The number of rotatable bonds is 7. The highest BCUT2D eigenvalue weighted by Crippen LogP contribution is 2.23. The van der Waals surface area contributed by atoms with Crippen molar-refractivity contribution in [1.29, 1.82) is 0 Å². The van der Waals surface area contributed by atoms with E-state index in [1.54, 1.807) is 23.9 Å². The summed E-state index contributed by atoms with van der Waals surface area (Å²) >= 11 is 1.32. The van der Waals surface area contributed by atoms with Crippen molar-refractivity contribution in [2.45, 2.75) is 42.0 Å². The van der Waals surface area contributed by atoms with Gasteiger partial charge in [0.2, 0.25) is 10.0 Å². The van der Waals surface area contributed by atoms with Gasteiger partial charge >= 0.3 is 0 Å². The number of aliphatic hydroxyl groups is 1. The van der Waals surface area contributed by atoms with Crippen molar-refractivity contribution in [3.63, 3.8) is 0 Å². The molecule has 9 heteroatoms. The summed E-state index contributed by atoms with van der Waals surface area (Å²) in [5, 5.41) is 13.8. The van der Waals surface area contributed by atoms with E-state index in [-0.39, 0.29) is 11.5 Å². The summed E-state index contributed by atoms with van der Waals surface area (Å²) in [6.07, 6.45) is 0.926. The first-order chi connectivity index (χ1) is 11.5. The molecule has 0 unspecified atom stereocenters. The second kappa shape index (κ2) is 7.77. The quantitative estimate of drug-likeness (QED) is 0.710. The topological polar surface area (TPSA) is 88.1 Å². The second-order valence-electron chi connectivity index (χ2n) is 6.30. The average molecular weight is 377 g/mol. The molecule has 3 rings (SSSR count). The van der Waals surface area contributed by atoms with Gasteiger partial charge in [0.15, 0.2) is 0 Å². The van der Waals surface area contributed by atoms with Crippen LogP contribution in [0.4, 0.5) is 0 Å². The van der Waals surface area contributed by atoms with Gasteiger partial charge in [0, 0.05) is 25.1 Å². The van der Waals surface area contributed by atoms with E-state index in [9.17, 15) is 13.5 Å². The van der Waals surface area contributed by atoms with Gasteiger partial charge in [-0.15, -0.1) is 0 Å². The molecular weight excluding hydrogens is 352 g/mol. The van der Waals surface area contributed by atoms with E-state index in [1.807, 2.05) is 0 Å². The zero-order chi connectivity index (χ0) is 17.2. The monoisotopic (exact) mass is 376 g/mol. The Bertz CT molecular complexity index is 622. The molecule has 0 spiro atoms. The Morgan fingerprint density at radius 2 is 2.38 bits per heavy atom. The predicted octanol–water partition coefficient (Wildman–Crippen LogP) is 0.266. The molecule has 0 saturated carbocycles. The van der Waals surface area contributed by atoms with Crippen molar-refractivity contribution >= 4 is 21.4 Å². The van der Waals surface area contributed by atoms with Gasteiger partial charge in [-0.3, -0.25) is 4.90 Å². The van der Waals surface area contributed by atoms with Crippen LogP contribution in [0.1, 0.15) is 12.8 Å². The normalized spacial score (nSPS) is 31.8. The van der Waals surface area contributed by atoms with Crippen LogP contribution in [0.5, 0.6) is 0 Å². The van der Waals surface area contributed by atoms with Gasteiger partial charge in [-0.25, -0.2) is 13.1 Å². The van der Waals surface area contributed by atoms with Crippen molar-refractivity contribution in [3.05, 3.63) is 16.8 Å². The maximum absolute atomic E-state index is 12.3. The summed E-state index contributed by atoms with van der Waals surface area (Å²) < 4.78 is 38.0. The number of nitrogens with zero attached hydrogens (tertiary/aromatic N) is 1. The number of methoxy groups -OCH3 is 1. The van der Waals surface area contributed by atoms with E-state index in [1.165, 1.54) is 11.3 Å².